The first-order valence-corrected chi connectivity index (χ1v) is 4.73. The van der Waals surface area contributed by atoms with E-state index < -0.39 is 5.97 Å². The molecular formula is C13H6O4. The second kappa shape index (κ2) is 4.17. The molecule has 0 spiro atoms. The highest BCUT2D eigenvalue weighted by Crippen LogP contribution is 2.22. The van der Waals surface area contributed by atoms with Gasteiger partial charge in [0.25, 0.3) is 0 Å². The van der Waals surface area contributed by atoms with E-state index in [1.54, 1.807) is 18.6 Å². The Kier molecular flexibility index (Phi) is 2.70. The van der Waals surface area contributed by atoms with Gasteiger partial charge in [0, 0.05) is 11.1 Å². The van der Waals surface area contributed by atoms with E-state index in [2.05, 4.69) is 0 Å². The van der Waals surface area contributed by atoms with Crippen LogP contribution < -0.4 is 0 Å². The molecule has 4 heteroatoms. The van der Waals surface area contributed by atoms with Crippen LogP contribution >= 0.6 is 0 Å². The van der Waals surface area contributed by atoms with Gasteiger partial charge in [0.2, 0.25) is 12.6 Å². The number of rotatable bonds is 3. The van der Waals surface area contributed by atoms with E-state index in [4.69, 9.17) is 5.11 Å². The minimum Gasteiger partial charge on any atom is -0.478 e. The molecule has 0 aromatic heterocycles. The molecule has 0 amide bonds. The van der Waals surface area contributed by atoms with Gasteiger partial charge in [-0.2, -0.15) is 0 Å². The number of aromatic carboxylic acids is 1. The van der Waals surface area contributed by atoms with Gasteiger partial charge in [-0.3, -0.25) is 9.59 Å². The number of hydrogen-bond acceptors (Lipinski definition) is 3. The van der Waals surface area contributed by atoms with Crippen molar-refractivity contribution < 1.29 is 19.5 Å². The van der Waals surface area contributed by atoms with Gasteiger partial charge < -0.3 is 5.11 Å². The third-order valence-electron chi connectivity index (χ3n) is 2.46. The van der Waals surface area contributed by atoms with Gasteiger partial charge >= 0.3 is 5.97 Å². The van der Waals surface area contributed by atoms with Gasteiger partial charge in [0.15, 0.2) is 0 Å². The maximum atomic E-state index is 11.1. The Labute approximate surface area is 96.5 Å². The summed E-state index contributed by atoms with van der Waals surface area (Å²) >= 11 is 0. The van der Waals surface area contributed by atoms with Crippen LogP contribution in [0.2, 0.25) is 0 Å². The zero-order chi connectivity index (χ0) is 12.4. The first-order chi connectivity index (χ1) is 8.17. The van der Waals surface area contributed by atoms with Crippen LogP contribution in [-0.2, 0) is 9.59 Å². The molecule has 0 heterocycles. The van der Waals surface area contributed by atoms with Crippen molar-refractivity contribution in [1.82, 2.24) is 0 Å². The van der Waals surface area contributed by atoms with Crippen LogP contribution in [0.5, 0.6) is 0 Å². The molecule has 0 aliphatic carbocycles. The number of carbonyl (C=O) groups excluding carboxylic acids is 2. The highest BCUT2D eigenvalue weighted by molar-refractivity contribution is 6.10. The zero-order valence-corrected chi connectivity index (χ0v) is 8.56. The van der Waals surface area contributed by atoms with Crippen LogP contribution in [0.1, 0.15) is 21.5 Å². The first-order valence-electron chi connectivity index (χ1n) is 4.73. The summed E-state index contributed by atoms with van der Waals surface area (Å²) in [6.07, 6.45) is 3.31. The molecule has 2 aromatic rings. The largest absolute Gasteiger partial charge is 0.478 e. The average Bonchev–Trinajstić information content (AvgIpc) is 2.36. The van der Waals surface area contributed by atoms with E-state index in [1.807, 2.05) is 0 Å². The zero-order valence-electron chi connectivity index (χ0n) is 8.56. The van der Waals surface area contributed by atoms with Gasteiger partial charge in [-0.15, -0.1) is 0 Å². The van der Waals surface area contributed by atoms with Crippen LogP contribution in [0, 0.1) is 0 Å². The summed E-state index contributed by atoms with van der Waals surface area (Å²) in [5, 5.41) is 10.0. The lowest BCUT2D eigenvalue weighted by molar-refractivity contribution is 0.0698. The van der Waals surface area contributed by atoms with E-state index in [0.29, 0.717) is 16.3 Å². The Balaban J connectivity index is 2.86. The van der Waals surface area contributed by atoms with E-state index in [1.165, 1.54) is 24.3 Å². The second-order valence-corrected chi connectivity index (χ2v) is 3.43. The molecule has 0 aliphatic rings. The van der Waals surface area contributed by atoms with Crippen LogP contribution in [0.4, 0.5) is 0 Å². The van der Waals surface area contributed by atoms with Crippen LogP contribution in [0.3, 0.4) is 0 Å². The molecule has 0 aliphatic heterocycles. The number of benzene rings is 2. The standard InChI is InChI=1S/C13H6O4/c14-6-8-1-4-11-9(5-8)2-3-10(7-15)12(11)13(16)17/h1-5H,(H,16,17). The van der Waals surface area contributed by atoms with Gasteiger partial charge in [0.05, 0.1) is 5.56 Å². The Bertz CT molecular complexity index is 629. The Morgan fingerprint density at radius 2 is 1.82 bits per heavy atom. The Hall–Kier alpha value is -2.49. The Morgan fingerprint density at radius 1 is 1.06 bits per heavy atom. The maximum Gasteiger partial charge on any atom is 0.337 e. The molecule has 2 rings (SSSR count). The number of carbonyl (C=O) groups is 1. The van der Waals surface area contributed by atoms with E-state index >= 15 is 0 Å². The monoisotopic (exact) mass is 226 g/mol. The minimum atomic E-state index is -1.20. The molecule has 17 heavy (non-hydrogen) atoms. The van der Waals surface area contributed by atoms with Crippen LogP contribution in [-0.4, -0.2) is 23.6 Å². The average molecular weight is 226 g/mol. The highest BCUT2D eigenvalue weighted by Gasteiger charge is 2.14. The summed E-state index contributed by atoms with van der Waals surface area (Å²) in [4.78, 5) is 32.2. The third kappa shape index (κ3) is 1.80. The SMILES string of the molecule is O=[C]c1ccc2c(C(=O)O)c([C]=O)ccc2c1. The normalized spacial score (nSPS) is 10.1. The maximum absolute atomic E-state index is 11.1. The summed E-state index contributed by atoms with van der Waals surface area (Å²) in [5.74, 6) is -1.20. The fourth-order valence-corrected chi connectivity index (χ4v) is 1.71. The summed E-state index contributed by atoms with van der Waals surface area (Å²) in [6, 6.07) is 7.40. The van der Waals surface area contributed by atoms with E-state index in [9.17, 15) is 14.4 Å². The molecule has 1 N–H and O–H groups in total. The summed E-state index contributed by atoms with van der Waals surface area (Å²) in [7, 11) is 0. The van der Waals surface area contributed by atoms with E-state index in [0.717, 1.165) is 0 Å². The predicted octanol–water partition coefficient (Wildman–Crippen LogP) is 1.45. The molecule has 4 nitrogen and oxygen atoms in total. The molecule has 0 fully saturated rings. The van der Waals surface area contributed by atoms with Gasteiger partial charge in [-0.05, 0) is 22.9 Å². The van der Waals surface area contributed by atoms with Crippen molar-refractivity contribution in [3.8, 4) is 0 Å². The molecule has 2 radical (unpaired) electrons. The molecular weight excluding hydrogens is 220 g/mol. The number of carboxylic acids is 1. The first kappa shape index (κ1) is 11.0. The predicted molar refractivity (Wildman–Crippen MR) is 60.5 cm³/mol. The quantitative estimate of drug-likeness (QED) is 0.859. The highest BCUT2D eigenvalue weighted by atomic mass is 16.4. The topological polar surface area (TPSA) is 71.4 Å². The van der Waals surface area contributed by atoms with Crippen molar-refractivity contribution in [3.63, 3.8) is 0 Å². The molecule has 0 saturated carbocycles. The fraction of sp³-hybridized carbons (Fsp3) is 0. The molecule has 0 saturated heterocycles. The minimum absolute atomic E-state index is 0.00664. The lowest BCUT2D eigenvalue weighted by Crippen LogP contribution is -2.03. The third-order valence-corrected chi connectivity index (χ3v) is 2.46. The number of fused-ring (bicyclic) bond motifs is 1. The lowest BCUT2D eigenvalue weighted by atomic mass is 9.98. The van der Waals surface area contributed by atoms with Gasteiger partial charge in [0.1, 0.15) is 0 Å². The van der Waals surface area contributed by atoms with Crippen molar-refractivity contribution in [1.29, 1.82) is 0 Å². The lowest BCUT2D eigenvalue weighted by Gasteiger charge is -2.05. The van der Waals surface area contributed by atoms with Crippen molar-refractivity contribution in [2.45, 2.75) is 0 Å². The molecule has 82 valence electrons. The second-order valence-electron chi connectivity index (χ2n) is 3.43. The molecule has 0 bridgehead atoms. The van der Waals surface area contributed by atoms with Crippen molar-refractivity contribution >= 4 is 29.3 Å². The van der Waals surface area contributed by atoms with Gasteiger partial charge in [-0.25, -0.2) is 4.79 Å². The summed E-state index contributed by atoms with van der Waals surface area (Å²) < 4.78 is 0. The number of hydrogen-bond donors (Lipinski definition) is 1. The molecule has 2 aromatic carbocycles. The Morgan fingerprint density at radius 3 is 2.41 bits per heavy atom. The summed E-state index contributed by atoms with van der Waals surface area (Å²) in [6.45, 7) is 0. The number of carboxylic acid groups (broad SMARTS) is 1. The van der Waals surface area contributed by atoms with Crippen LogP contribution in [0.15, 0.2) is 30.3 Å². The van der Waals surface area contributed by atoms with Crippen LogP contribution in [0.25, 0.3) is 10.8 Å². The fourth-order valence-electron chi connectivity index (χ4n) is 1.71. The van der Waals surface area contributed by atoms with Crippen molar-refractivity contribution in [2.24, 2.45) is 0 Å². The van der Waals surface area contributed by atoms with E-state index in [-0.39, 0.29) is 11.1 Å². The molecule has 0 atom stereocenters. The van der Waals surface area contributed by atoms with Crippen molar-refractivity contribution in [3.05, 3.63) is 47.0 Å². The molecule has 0 unspecified atom stereocenters. The van der Waals surface area contributed by atoms with Crippen molar-refractivity contribution in [2.75, 3.05) is 0 Å². The summed E-state index contributed by atoms with van der Waals surface area (Å²) in [5.41, 5.74) is 0.222. The smallest absolute Gasteiger partial charge is 0.337 e. The van der Waals surface area contributed by atoms with Gasteiger partial charge in [-0.1, -0.05) is 18.2 Å².